The van der Waals surface area contributed by atoms with Crippen LogP contribution in [0.2, 0.25) is 0 Å². The van der Waals surface area contributed by atoms with Gasteiger partial charge in [0.05, 0.1) is 12.9 Å². The first kappa shape index (κ1) is 17.2. The van der Waals surface area contributed by atoms with Gasteiger partial charge < -0.3 is 10.0 Å². The molecule has 1 amide bonds. The van der Waals surface area contributed by atoms with Crippen LogP contribution in [0.25, 0.3) is 0 Å². The van der Waals surface area contributed by atoms with Crippen molar-refractivity contribution in [1.29, 1.82) is 0 Å². The van der Waals surface area contributed by atoms with E-state index in [0.29, 0.717) is 18.9 Å². The predicted molar refractivity (Wildman–Crippen MR) is 76.1 cm³/mol. The number of nitrogens with zero attached hydrogens (tertiary/aromatic N) is 1. The third kappa shape index (κ3) is 5.28. The van der Waals surface area contributed by atoms with Crippen molar-refractivity contribution in [3.63, 3.8) is 0 Å². The van der Waals surface area contributed by atoms with Crippen LogP contribution in [0.4, 0.5) is 4.79 Å². The van der Waals surface area contributed by atoms with Crippen LogP contribution in [-0.4, -0.2) is 50.0 Å². The van der Waals surface area contributed by atoms with Gasteiger partial charge in [-0.15, -0.1) is 0 Å². The number of hydrogen-bond acceptors (Lipinski definition) is 4. The van der Waals surface area contributed by atoms with Gasteiger partial charge in [-0.2, -0.15) is 8.42 Å². The van der Waals surface area contributed by atoms with Crippen molar-refractivity contribution in [3.8, 4) is 0 Å². The molecule has 0 spiro atoms. The van der Waals surface area contributed by atoms with Crippen LogP contribution >= 0.6 is 0 Å². The molecule has 6 nitrogen and oxygen atoms in total. The van der Waals surface area contributed by atoms with Crippen LogP contribution in [0.3, 0.4) is 0 Å². The van der Waals surface area contributed by atoms with Gasteiger partial charge in [0.2, 0.25) is 0 Å². The van der Waals surface area contributed by atoms with E-state index in [1.807, 2.05) is 20.8 Å². The van der Waals surface area contributed by atoms with E-state index >= 15 is 0 Å². The normalized spacial score (nSPS) is 24.7. The lowest BCUT2D eigenvalue weighted by atomic mass is 9.76. The Labute approximate surface area is 121 Å². The minimum absolute atomic E-state index is 0.0445. The van der Waals surface area contributed by atoms with Gasteiger partial charge in [-0.1, -0.05) is 20.8 Å². The third-order valence-electron chi connectivity index (χ3n) is 3.78. The Kier molecular flexibility index (Phi) is 5.43. The van der Waals surface area contributed by atoms with Gasteiger partial charge >= 0.3 is 6.09 Å². The van der Waals surface area contributed by atoms with E-state index in [0.717, 1.165) is 19.1 Å². The van der Waals surface area contributed by atoms with Crippen molar-refractivity contribution in [2.45, 2.75) is 46.1 Å². The van der Waals surface area contributed by atoms with Gasteiger partial charge in [0.25, 0.3) is 10.1 Å². The Bertz CT molecular complexity index is 440. The van der Waals surface area contributed by atoms with Crippen molar-refractivity contribution < 1.29 is 22.5 Å². The molecule has 0 aromatic carbocycles. The second-order valence-electron chi connectivity index (χ2n) is 6.56. The summed E-state index contributed by atoms with van der Waals surface area (Å²) in [7, 11) is -3.40. The molecule has 118 valence electrons. The molecule has 7 heteroatoms. The standard InChI is InChI=1S/C13H25NO5S/c1-13(2,3)11-9-10(5-7-14(11)12(15)16)6-8-19-20(4,17)18/h10-11H,5-9H2,1-4H3,(H,15,16). The maximum Gasteiger partial charge on any atom is 0.407 e. The molecule has 2 atom stereocenters. The van der Waals surface area contributed by atoms with Crippen LogP contribution in [-0.2, 0) is 14.3 Å². The summed E-state index contributed by atoms with van der Waals surface area (Å²) >= 11 is 0. The molecule has 0 bridgehead atoms. The van der Waals surface area contributed by atoms with E-state index in [4.69, 9.17) is 4.18 Å². The molecule has 20 heavy (non-hydrogen) atoms. The Hall–Kier alpha value is -0.820. The molecule has 0 saturated carbocycles. The van der Waals surface area contributed by atoms with Crippen molar-refractivity contribution in [2.24, 2.45) is 11.3 Å². The summed E-state index contributed by atoms with van der Waals surface area (Å²) in [5, 5.41) is 9.26. The lowest BCUT2D eigenvalue weighted by molar-refractivity contribution is 0.0366. The number of carboxylic acid groups (broad SMARTS) is 1. The fourth-order valence-corrected chi connectivity index (χ4v) is 3.12. The zero-order chi connectivity index (χ0) is 15.6. The lowest BCUT2D eigenvalue weighted by Crippen LogP contribution is -2.51. The second kappa shape index (κ2) is 6.30. The van der Waals surface area contributed by atoms with Crippen LogP contribution in [0.15, 0.2) is 0 Å². The molecule has 0 aliphatic carbocycles. The van der Waals surface area contributed by atoms with Gasteiger partial charge in [-0.3, -0.25) is 4.18 Å². The third-order valence-corrected chi connectivity index (χ3v) is 4.37. The Morgan fingerprint density at radius 2 is 2.00 bits per heavy atom. The highest BCUT2D eigenvalue weighted by atomic mass is 32.2. The highest BCUT2D eigenvalue weighted by Gasteiger charge is 2.38. The van der Waals surface area contributed by atoms with E-state index in [9.17, 15) is 18.3 Å². The first-order chi connectivity index (χ1) is 9.00. The number of carbonyl (C=O) groups is 1. The lowest BCUT2D eigenvalue weighted by Gasteiger charge is -2.44. The quantitative estimate of drug-likeness (QED) is 0.805. The van der Waals surface area contributed by atoms with Gasteiger partial charge in [-0.25, -0.2) is 4.79 Å². The monoisotopic (exact) mass is 307 g/mol. The summed E-state index contributed by atoms with van der Waals surface area (Å²) < 4.78 is 26.6. The molecule has 0 aromatic rings. The summed E-state index contributed by atoms with van der Waals surface area (Å²) in [6, 6.07) is -0.0445. The fourth-order valence-electron chi connectivity index (χ4n) is 2.72. The van der Waals surface area contributed by atoms with E-state index in [2.05, 4.69) is 0 Å². The number of amides is 1. The number of likely N-dealkylation sites (tertiary alicyclic amines) is 1. The molecule has 1 heterocycles. The highest BCUT2D eigenvalue weighted by molar-refractivity contribution is 7.85. The van der Waals surface area contributed by atoms with E-state index in [-0.39, 0.29) is 18.1 Å². The minimum atomic E-state index is -3.40. The molecule has 1 saturated heterocycles. The number of hydrogen-bond donors (Lipinski definition) is 1. The van der Waals surface area contributed by atoms with Crippen LogP contribution in [0.1, 0.15) is 40.0 Å². The maximum absolute atomic E-state index is 11.3. The van der Waals surface area contributed by atoms with Crippen molar-refractivity contribution >= 4 is 16.2 Å². The Morgan fingerprint density at radius 3 is 2.45 bits per heavy atom. The first-order valence-corrected chi connectivity index (χ1v) is 8.66. The van der Waals surface area contributed by atoms with Gasteiger partial charge in [0.1, 0.15) is 0 Å². The van der Waals surface area contributed by atoms with Gasteiger partial charge in [-0.05, 0) is 30.6 Å². The average molecular weight is 307 g/mol. The predicted octanol–water partition coefficient (Wildman–Crippen LogP) is 2.16. The largest absolute Gasteiger partial charge is 0.465 e. The zero-order valence-corrected chi connectivity index (χ0v) is 13.4. The van der Waals surface area contributed by atoms with Crippen LogP contribution < -0.4 is 0 Å². The molecule has 1 N–H and O–H groups in total. The molecule has 1 aliphatic heterocycles. The van der Waals surface area contributed by atoms with Gasteiger partial charge in [0.15, 0.2) is 0 Å². The molecule has 0 aromatic heterocycles. The van der Waals surface area contributed by atoms with Gasteiger partial charge in [0, 0.05) is 12.6 Å². The zero-order valence-electron chi connectivity index (χ0n) is 12.6. The molecule has 0 radical (unpaired) electrons. The molecular weight excluding hydrogens is 282 g/mol. The summed E-state index contributed by atoms with van der Waals surface area (Å²) in [5.74, 6) is 0.302. The molecule has 1 rings (SSSR count). The van der Waals surface area contributed by atoms with E-state index in [1.54, 1.807) is 0 Å². The molecule has 1 fully saturated rings. The number of piperidine rings is 1. The highest BCUT2D eigenvalue weighted by Crippen LogP contribution is 2.35. The maximum atomic E-state index is 11.3. The average Bonchev–Trinajstić information content (AvgIpc) is 2.25. The topological polar surface area (TPSA) is 83.9 Å². The Morgan fingerprint density at radius 1 is 1.40 bits per heavy atom. The minimum Gasteiger partial charge on any atom is -0.465 e. The molecular formula is C13H25NO5S. The van der Waals surface area contributed by atoms with Crippen molar-refractivity contribution in [2.75, 3.05) is 19.4 Å². The second-order valence-corrected chi connectivity index (χ2v) is 8.21. The first-order valence-electron chi connectivity index (χ1n) is 6.84. The number of rotatable bonds is 4. The SMILES string of the molecule is CC(C)(C)C1CC(CCOS(C)(=O)=O)CCN1C(=O)O. The Balaban J connectivity index is 2.61. The van der Waals surface area contributed by atoms with E-state index in [1.165, 1.54) is 4.90 Å². The van der Waals surface area contributed by atoms with Crippen molar-refractivity contribution in [3.05, 3.63) is 0 Å². The van der Waals surface area contributed by atoms with Crippen LogP contribution in [0.5, 0.6) is 0 Å². The summed E-state index contributed by atoms with van der Waals surface area (Å²) in [4.78, 5) is 12.8. The van der Waals surface area contributed by atoms with E-state index < -0.39 is 16.2 Å². The van der Waals surface area contributed by atoms with Crippen LogP contribution in [0, 0.1) is 11.3 Å². The fraction of sp³-hybridized carbons (Fsp3) is 0.923. The molecule has 1 aliphatic rings. The smallest absolute Gasteiger partial charge is 0.407 e. The summed E-state index contributed by atoms with van der Waals surface area (Å²) in [6.45, 7) is 6.77. The summed E-state index contributed by atoms with van der Waals surface area (Å²) in [6.07, 6.45) is 2.32. The van der Waals surface area contributed by atoms with Crippen molar-refractivity contribution in [1.82, 2.24) is 4.90 Å². The molecule has 2 unspecified atom stereocenters. The summed E-state index contributed by atoms with van der Waals surface area (Å²) in [5.41, 5.74) is -0.130.